The Morgan fingerprint density at radius 3 is 1.57 bits per heavy atom. The van der Waals surface area contributed by atoms with E-state index < -0.39 is 5.54 Å². The van der Waals surface area contributed by atoms with Crippen LogP contribution in [-0.4, -0.2) is 20.2 Å². The quantitative estimate of drug-likeness (QED) is 0.121. The molecule has 0 spiro atoms. The van der Waals surface area contributed by atoms with Gasteiger partial charge in [0.25, 0.3) is 0 Å². The van der Waals surface area contributed by atoms with Crippen LogP contribution >= 0.6 is 0 Å². The second-order valence-corrected chi connectivity index (χ2v) is 12.8. The predicted molar refractivity (Wildman–Crippen MR) is 189 cm³/mol. The summed E-state index contributed by atoms with van der Waals surface area (Å²) < 4.78 is 0. The van der Waals surface area contributed by atoms with E-state index in [2.05, 4.69) is 125 Å². The zero-order valence-electron chi connectivity index (χ0n) is 27.1. The number of benzene rings is 5. The standard InChI is InChI=1S/C40H42N6/c1-27(2)24-29-26-35(36(25-28(3)4)38(42)37(29)41)33-22-14-15-23-34(33)39-43-45-46(44-39)40(30-16-8-5-9-17-30,31-18-10-6-11-19-31)32-20-12-7-13-21-32/h5-23,26-28H,24-25,41-42H2,1-4H3. The molecule has 0 fully saturated rings. The van der Waals surface area contributed by atoms with Crippen molar-refractivity contribution in [3.63, 3.8) is 0 Å². The van der Waals surface area contributed by atoms with Crippen LogP contribution in [0.1, 0.15) is 55.5 Å². The smallest absolute Gasteiger partial charge is 0.205 e. The molecule has 0 amide bonds. The molecule has 0 radical (unpaired) electrons. The maximum Gasteiger partial charge on any atom is 0.205 e. The lowest BCUT2D eigenvalue weighted by atomic mass is 9.77. The second-order valence-electron chi connectivity index (χ2n) is 12.8. The normalized spacial score (nSPS) is 11.8. The van der Waals surface area contributed by atoms with E-state index >= 15 is 0 Å². The molecule has 0 unspecified atom stereocenters. The number of nitrogens with two attached hydrogens (primary N) is 2. The van der Waals surface area contributed by atoms with Crippen molar-refractivity contribution < 1.29 is 0 Å². The summed E-state index contributed by atoms with van der Waals surface area (Å²) in [4.78, 5) is 1.77. The number of tetrazole rings is 1. The van der Waals surface area contributed by atoms with Crippen molar-refractivity contribution in [3.05, 3.63) is 149 Å². The Morgan fingerprint density at radius 1 is 0.587 bits per heavy atom. The van der Waals surface area contributed by atoms with Crippen molar-refractivity contribution in [3.8, 4) is 22.5 Å². The van der Waals surface area contributed by atoms with E-state index in [1.165, 1.54) is 0 Å². The average Bonchev–Trinajstić information content (AvgIpc) is 3.56. The molecule has 0 atom stereocenters. The van der Waals surface area contributed by atoms with Gasteiger partial charge in [-0.15, -0.1) is 15.0 Å². The van der Waals surface area contributed by atoms with Gasteiger partial charge < -0.3 is 11.5 Å². The highest BCUT2D eigenvalue weighted by Crippen LogP contribution is 2.42. The summed E-state index contributed by atoms with van der Waals surface area (Å²) in [5.74, 6) is 1.37. The molecule has 232 valence electrons. The van der Waals surface area contributed by atoms with Crippen LogP contribution < -0.4 is 11.5 Å². The molecule has 0 saturated heterocycles. The molecule has 6 rings (SSSR count). The fraction of sp³-hybridized carbons (Fsp3) is 0.225. The summed E-state index contributed by atoms with van der Waals surface area (Å²) >= 11 is 0. The van der Waals surface area contributed by atoms with Crippen LogP contribution in [-0.2, 0) is 18.4 Å². The molecule has 0 aliphatic rings. The molecular formula is C40H42N6. The first-order valence-electron chi connectivity index (χ1n) is 16.1. The lowest BCUT2D eigenvalue weighted by Gasteiger charge is -2.34. The van der Waals surface area contributed by atoms with E-state index in [0.717, 1.165) is 57.3 Å². The number of rotatable bonds is 10. The fourth-order valence-electron chi connectivity index (χ4n) is 6.56. The van der Waals surface area contributed by atoms with Gasteiger partial charge in [0.2, 0.25) is 5.82 Å². The Kier molecular flexibility index (Phi) is 8.71. The molecule has 0 aliphatic carbocycles. The predicted octanol–water partition coefficient (Wildman–Crippen LogP) is 8.41. The van der Waals surface area contributed by atoms with Gasteiger partial charge >= 0.3 is 0 Å². The first kappa shape index (κ1) is 30.8. The minimum absolute atomic E-state index is 0.394. The van der Waals surface area contributed by atoms with Crippen molar-refractivity contribution in [1.29, 1.82) is 0 Å². The lowest BCUT2D eigenvalue weighted by molar-refractivity contribution is 0.396. The topological polar surface area (TPSA) is 95.6 Å². The highest BCUT2D eigenvalue weighted by atomic mass is 15.6. The van der Waals surface area contributed by atoms with Gasteiger partial charge in [0.05, 0.1) is 11.4 Å². The van der Waals surface area contributed by atoms with Gasteiger partial charge in [0, 0.05) is 5.56 Å². The highest BCUT2D eigenvalue weighted by Gasteiger charge is 2.41. The molecule has 1 aromatic heterocycles. The van der Waals surface area contributed by atoms with Crippen LogP contribution in [0.4, 0.5) is 11.4 Å². The Morgan fingerprint density at radius 2 is 1.07 bits per heavy atom. The first-order chi connectivity index (χ1) is 22.3. The van der Waals surface area contributed by atoms with E-state index in [1.54, 1.807) is 4.80 Å². The molecule has 6 heteroatoms. The third-order valence-electron chi connectivity index (χ3n) is 8.59. The zero-order valence-corrected chi connectivity index (χ0v) is 27.1. The summed E-state index contributed by atoms with van der Waals surface area (Å²) in [5.41, 5.74) is 22.2. The average molecular weight is 607 g/mol. The Balaban J connectivity index is 1.59. The molecule has 0 aliphatic heterocycles. The molecule has 6 aromatic rings. The van der Waals surface area contributed by atoms with E-state index in [0.29, 0.717) is 29.0 Å². The van der Waals surface area contributed by atoms with E-state index in [4.69, 9.17) is 26.9 Å². The Labute approximate surface area is 272 Å². The number of anilines is 2. The molecule has 0 bridgehead atoms. The maximum absolute atomic E-state index is 6.82. The second kappa shape index (κ2) is 13.0. The van der Waals surface area contributed by atoms with Crippen molar-refractivity contribution in [1.82, 2.24) is 20.2 Å². The summed E-state index contributed by atoms with van der Waals surface area (Å²) in [6.45, 7) is 8.81. The Hall–Kier alpha value is -5.23. The molecule has 1 heterocycles. The monoisotopic (exact) mass is 606 g/mol. The summed E-state index contributed by atoms with van der Waals surface area (Å²) in [7, 11) is 0. The van der Waals surface area contributed by atoms with Crippen molar-refractivity contribution in [2.24, 2.45) is 11.8 Å². The van der Waals surface area contributed by atoms with Crippen LogP contribution in [0, 0.1) is 11.8 Å². The largest absolute Gasteiger partial charge is 0.397 e. The van der Waals surface area contributed by atoms with Crippen LogP contribution in [0.3, 0.4) is 0 Å². The molecule has 0 saturated carbocycles. The van der Waals surface area contributed by atoms with Gasteiger partial charge in [-0.1, -0.05) is 143 Å². The van der Waals surface area contributed by atoms with Gasteiger partial charge in [-0.3, -0.25) is 0 Å². The van der Waals surface area contributed by atoms with Gasteiger partial charge in [-0.25, -0.2) is 0 Å². The molecular weight excluding hydrogens is 564 g/mol. The third kappa shape index (κ3) is 5.67. The fourth-order valence-corrected chi connectivity index (χ4v) is 6.56. The molecule has 6 nitrogen and oxygen atoms in total. The maximum atomic E-state index is 6.82. The van der Waals surface area contributed by atoms with Crippen molar-refractivity contribution in [2.75, 3.05) is 11.5 Å². The molecule has 46 heavy (non-hydrogen) atoms. The van der Waals surface area contributed by atoms with Gasteiger partial charge in [-0.05, 0) is 74.9 Å². The zero-order chi connectivity index (χ0) is 32.3. The van der Waals surface area contributed by atoms with Crippen molar-refractivity contribution in [2.45, 2.75) is 46.1 Å². The highest BCUT2D eigenvalue weighted by molar-refractivity contribution is 5.88. The van der Waals surface area contributed by atoms with Crippen LogP contribution in [0.2, 0.25) is 0 Å². The van der Waals surface area contributed by atoms with Gasteiger partial charge in [-0.2, -0.15) is 0 Å². The first-order valence-corrected chi connectivity index (χ1v) is 16.1. The van der Waals surface area contributed by atoms with E-state index in [-0.39, 0.29) is 0 Å². The van der Waals surface area contributed by atoms with Crippen LogP contribution in [0.5, 0.6) is 0 Å². The van der Waals surface area contributed by atoms with Crippen LogP contribution in [0.25, 0.3) is 22.5 Å². The SMILES string of the molecule is CC(C)Cc1cc(-c2ccccc2-c2nnn(C(c3ccccc3)(c3ccccc3)c3ccccc3)n2)c(CC(C)C)c(N)c1N. The number of hydrogen-bond donors (Lipinski definition) is 2. The minimum atomic E-state index is -0.858. The molecule has 5 aromatic carbocycles. The minimum Gasteiger partial charge on any atom is -0.397 e. The summed E-state index contributed by atoms with van der Waals surface area (Å²) in [6, 6.07) is 41.7. The Bertz CT molecular complexity index is 1810. The molecule has 4 N–H and O–H groups in total. The third-order valence-corrected chi connectivity index (χ3v) is 8.59. The van der Waals surface area contributed by atoms with Gasteiger partial charge in [0.1, 0.15) is 0 Å². The lowest BCUT2D eigenvalue weighted by Crippen LogP contribution is -2.39. The number of hydrogen-bond acceptors (Lipinski definition) is 5. The van der Waals surface area contributed by atoms with Gasteiger partial charge in [0.15, 0.2) is 5.54 Å². The summed E-state index contributed by atoms with van der Waals surface area (Å²) in [6.07, 6.45) is 1.65. The number of nitrogen functional groups attached to an aromatic ring is 2. The van der Waals surface area contributed by atoms with Crippen molar-refractivity contribution >= 4 is 11.4 Å². The number of nitrogens with zero attached hydrogens (tertiary/aromatic N) is 4. The van der Waals surface area contributed by atoms with E-state index in [9.17, 15) is 0 Å². The summed E-state index contributed by atoms with van der Waals surface area (Å²) in [5, 5.41) is 14.8. The van der Waals surface area contributed by atoms with E-state index in [1.807, 2.05) is 24.3 Å². The van der Waals surface area contributed by atoms with Crippen LogP contribution in [0.15, 0.2) is 121 Å². The number of aromatic nitrogens is 4.